The molecule has 3 saturated carbocycles. The summed E-state index contributed by atoms with van der Waals surface area (Å²) in [7, 11) is 0. The Hall–Kier alpha value is -1.00. The largest absolute Gasteiger partial charge is 0.347 e. The van der Waals surface area contributed by atoms with E-state index >= 15 is 0 Å². The van der Waals surface area contributed by atoms with Gasteiger partial charge in [0.25, 0.3) is 0 Å². The van der Waals surface area contributed by atoms with E-state index < -0.39 is 5.79 Å². The standard InChI is InChI=1S/C21H28O4/c1-19-7-5-14(22)11-13(19)3-4-15-16-6-8-21(24-9-10-25-21)20(16,2)12-17(23)18(15)19/h11,15-16,18H,3-10,12H2,1-2H3/t15-,16-,18+,19-,20+/m1/s1. The lowest BCUT2D eigenvalue weighted by Crippen LogP contribution is -2.58. The van der Waals surface area contributed by atoms with Crippen LogP contribution in [-0.4, -0.2) is 30.6 Å². The summed E-state index contributed by atoms with van der Waals surface area (Å²) in [5, 5.41) is 0. The third kappa shape index (κ3) is 1.90. The molecule has 0 N–H and O–H groups in total. The average Bonchev–Trinajstić information content (AvgIpc) is 3.15. The summed E-state index contributed by atoms with van der Waals surface area (Å²) >= 11 is 0. The molecule has 1 heterocycles. The molecule has 0 aromatic heterocycles. The Bertz CT molecular complexity index is 673. The van der Waals surface area contributed by atoms with Gasteiger partial charge in [0.2, 0.25) is 0 Å². The Morgan fingerprint density at radius 3 is 2.56 bits per heavy atom. The summed E-state index contributed by atoms with van der Waals surface area (Å²) in [6.45, 7) is 5.78. The van der Waals surface area contributed by atoms with Gasteiger partial charge >= 0.3 is 0 Å². The van der Waals surface area contributed by atoms with Crippen LogP contribution in [-0.2, 0) is 19.1 Å². The molecule has 25 heavy (non-hydrogen) atoms. The predicted molar refractivity (Wildman–Crippen MR) is 91.7 cm³/mol. The minimum Gasteiger partial charge on any atom is -0.347 e. The van der Waals surface area contributed by atoms with Gasteiger partial charge < -0.3 is 9.47 Å². The van der Waals surface area contributed by atoms with Crippen LogP contribution in [0.5, 0.6) is 0 Å². The Morgan fingerprint density at radius 2 is 1.80 bits per heavy atom. The SMILES string of the molecule is C[C@]12CC(=O)[C@@H]3[C@H](CCC4=CC(=O)CC[C@]43C)[C@H]1CCC21OCCO1. The van der Waals surface area contributed by atoms with Crippen LogP contribution in [0, 0.1) is 28.6 Å². The van der Waals surface area contributed by atoms with E-state index in [1.165, 1.54) is 5.57 Å². The third-order valence-corrected chi connectivity index (χ3v) is 8.45. The van der Waals surface area contributed by atoms with E-state index in [9.17, 15) is 9.59 Å². The summed E-state index contributed by atoms with van der Waals surface area (Å²) in [4.78, 5) is 25.3. The summed E-state index contributed by atoms with van der Waals surface area (Å²) in [5.74, 6) is 1.07. The number of ketones is 2. The zero-order valence-electron chi connectivity index (χ0n) is 15.3. The molecular weight excluding hydrogens is 316 g/mol. The number of hydrogen-bond donors (Lipinski definition) is 0. The van der Waals surface area contributed by atoms with Gasteiger partial charge in [-0.3, -0.25) is 9.59 Å². The number of hydrogen-bond acceptors (Lipinski definition) is 4. The fourth-order valence-corrected chi connectivity index (χ4v) is 7.26. The van der Waals surface area contributed by atoms with Crippen LogP contribution in [0.25, 0.3) is 0 Å². The normalized spacial score (nSPS) is 48.1. The Labute approximate surface area is 149 Å². The molecule has 0 radical (unpaired) electrons. The number of fused-ring (bicyclic) bond motifs is 6. The fraction of sp³-hybridized carbons (Fsp3) is 0.810. The van der Waals surface area contributed by atoms with Crippen LogP contribution in [0.15, 0.2) is 11.6 Å². The van der Waals surface area contributed by atoms with E-state index in [0.29, 0.717) is 43.7 Å². The molecule has 5 rings (SSSR count). The predicted octanol–water partition coefficient (Wildman–Crippen LogP) is 3.44. The summed E-state index contributed by atoms with van der Waals surface area (Å²) < 4.78 is 12.2. The van der Waals surface area contributed by atoms with Gasteiger partial charge in [-0.05, 0) is 49.0 Å². The second kappa shape index (κ2) is 5.04. The lowest BCUT2D eigenvalue weighted by molar-refractivity contribution is -0.239. The molecule has 0 aromatic rings. The van der Waals surface area contributed by atoms with Crippen molar-refractivity contribution < 1.29 is 19.1 Å². The average molecular weight is 344 g/mol. The lowest BCUT2D eigenvalue weighted by Gasteiger charge is -2.57. The van der Waals surface area contributed by atoms with Gasteiger partial charge in [0.1, 0.15) is 5.78 Å². The zero-order chi connectivity index (χ0) is 17.4. The molecule has 1 aliphatic heterocycles. The van der Waals surface area contributed by atoms with Crippen LogP contribution in [0.3, 0.4) is 0 Å². The van der Waals surface area contributed by atoms with E-state index in [0.717, 1.165) is 32.1 Å². The number of Topliss-reactive ketones (excluding diaryl/α,β-unsaturated/α-hetero) is 1. The second-order valence-electron chi connectivity index (χ2n) is 9.39. The highest BCUT2D eigenvalue weighted by Gasteiger charge is 2.69. The Morgan fingerprint density at radius 1 is 1.04 bits per heavy atom. The van der Waals surface area contributed by atoms with E-state index in [1.54, 1.807) is 0 Å². The van der Waals surface area contributed by atoms with Crippen molar-refractivity contribution in [2.75, 3.05) is 13.2 Å². The van der Waals surface area contributed by atoms with Crippen LogP contribution < -0.4 is 0 Å². The van der Waals surface area contributed by atoms with Crippen LogP contribution in [0.2, 0.25) is 0 Å². The minimum atomic E-state index is -0.530. The van der Waals surface area contributed by atoms with Crippen molar-refractivity contribution in [3.05, 3.63) is 11.6 Å². The highest BCUT2D eigenvalue weighted by molar-refractivity contribution is 5.93. The van der Waals surface area contributed by atoms with Crippen LogP contribution >= 0.6 is 0 Å². The summed E-state index contributed by atoms with van der Waals surface area (Å²) in [6, 6.07) is 0. The number of ether oxygens (including phenoxy) is 2. The smallest absolute Gasteiger partial charge is 0.174 e. The molecule has 0 unspecified atom stereocenters. The second-order valence-corrected chi connectivity index (χ2v) is 9.39. The van der Waals surface area contributed by atoms with E-state index in [4.69, 9.17) is 9.47 Å². The molecule has 1 saturated heterocycles. The van der Waals surface area contributed by atoms with Gasteiger partial charge in [-0.25, -0.2) is 0 Å². The maximum atomic E-state index is 13.4. The van der Waals surface area contributed by atoms with E-state index in [-0.39, 0.29) is 22.5 Å². The molecule has 0 aromatic carbocycles. The van der Waals surface area contributed by atoms with Crippen molar-refractivity contribution in [3.8, 4) is 0 Å². The van der Waals surface area contributed by atoms with Gasteiger partial charge in [-0.2, -0.15) is 0 Å². The number of carbonyl (C=O) groups is 2. The van der Waals surface area contributed by atoms with Gasteiger partial charge in [-0.15, -0.1) is 0 Å². The molecule has 4 heteroatoms. The van der Waals surface area contributed by atoms with Crippen molar-refractivity contribution in [2.24, 2.45) is 28.6 Å². The van der Waals surface area contributed by atoms with Crippen molar-refractivity contribution in [2.45, 2.75) is 64.6 Å². The van der Waals surface area contributed by atoms with Crippen molar-refractivity contribution in [1.82, 2.24) is 0 Å². The molecule has 4 nitrogen and oxygen atoms in total. The van der Waals surface area contributed by atoms with E-state index in [1.807, 2.05) is 6.08 Å². The fourth-order valence-electron chi connectivity index (χ4n) is 7.26. The summed E-state index contributed by atoms with van der Waals surface area (Å²) in [6.07, 6.45) is 7.87. The highest BCUT2D eigenvalue weighted by Crippen LogP contribution is 2.67. The molecule has 5 aliphatic rings. The first-order valence-electron chi connectivity index (χ1n) is 9.94. The minimum absolute atomic E-state index is 0.0789. The van der Waals surface area contributed by atoms with Gasteiger partial charge in [0.15, 0.2) is 11.6 Å². The van der Waals surface area contributed by atoms with Gasteiger partial charge in [-0.1, -0.05) is 19.4 Å². The molecule has 136 valence electrons. The van der Waals surface area contributed by atoms with Crippen molar-refractivity contribution in [1.29, 1.82) is 0 Å². The van der Waals surface area contributed by atoms with Gasteiger partial charge in [0.05, 0.1) is 13.2 Å². The van der Waals surface area contributed by atoms with Crippen molar-refractivity contribution in [3.63, 3.8) is 0 Å². The maximum Gasteiger partial charge on any atom is 0.174 e. The Kier molecular flexibility index (Phi) is 3.26. The molecule has 0 amide bonds. The zero-order valence-corrected chi connectivity index (χ0v) is 15.3. The van der Waals surface area contributed by atoms with Crippen LogP contribution in [0.1, 0.15) is 58.8 Å². The number of rotatable bonds is 0. The quantitative estimate of drug-likeness (QED) is 0.675. The lowest BCUT2D eigenvalue weighted by atomic mass is 9.46. The van der Waals surface area contributed by atoms with Crippen molar-refractivity contribution >= 4 is 11.6 Å². The molecule has 5 atom stereocenters. The maximum absolute atomic E-state index is 13.4. The van der Waals surface area contributed by atoms with Gasteiger partial charge in [0, 0.05) is 30.6 Å². The van der Waals surface area contributed by atoms with Crippen LogP contribution in [0.4, 0.5) is 0 Å². The number of carbonyl (C=O) groups excluding carboxylic acids is 2. The highest BCUT2D eigenvalue weighted by atomic mass is 16.7. The molecule has 0 bridgehead atoms. The first-order valence-corrected chi connectivity index (χ1v) is 9.94. The molecule has 1 spiro atoms. The third-order valence-electron chi connectivity index (χ3n) is 8.45. The first-order chi connectivity index (χ1) is 11.9. The first kappa shape index (κ1) is 16.2. The molecule has 4 fully saturated rings. The Balaban J connectivity index is 1.55. The molecular formula is C21H28O4. The molecule has 4 aliphatic carbocycles. The monoisotopic (exact) mass is 344 g/mol. The van der Waals surface area contributed by atoms with E-state index in [2.05, 4.69) is 13.8 Å². The number of allylic oxidation sites excluding steroid dienone is 1. The summed E-state index contributed by atoms with van der Waals surface area (Å²) in [5.41, 5.74) is 0.940. The topological polar surface area (TPSA) is 52.6 Å².